The molecule has 0 radical (unpaired) electrons. The van der Waals surface area contributed by atoms with Gasteiger partial charge < -0.3 is 29.2 Å². The van der Waals surface area contributed by atoms with Crippen LogP contribution in [0.25, 0.3) is 11.1 Å². The Morgan fingerprint density at radius 2 is 1.66 bits per heavy atom. The molecule has 0 saturated heterocycles. The normalized spacial score (nSPS) is 11.2. The molecule has 3 rings (SSSR count). The molecule has 9 nitrogen and oxygen atoms in total. The molecule has 1 atom stereocenters. The van der Waals surface area contributed by atoms with Crippen LogP contribution in [0.1, 0.15) is 43.0 Å². The molecule has 0 spiro atoms. The molecule has 0 aliphatic heterocycles. The molecule has 0 fully saturated rings. The molecule has 0 saturated carbocycles. The zero-order valence-corrected chi connectivity index (χ0v) is 24.3. The summed E-state index contributed by atoms with van der Waals surface area (Å²) in [4.78, 5) is 38.9. The van der Waals surface area contributed by atoms with Crippen molar-refractivity contribution in [2.75, 3.05) is 20.3 Å². The minimum absolute atomic E-state index is 0.0440. The number of ether oxygens (including phenoxy) is 4. The third kappa shape index (κ3) is 9.27. The highest BCUT2D eigenvalue weighted by atomic mass is 16.8. The first-order chi connectivity index (χ1) is 19.7. The van der Waals surface area contributed by atoms with Crippen LogP contribution in [0.3, 0.4) is 0 Å². The second-order valence-corrected chi connectivity index (χ2v) is 9.39. The van der Waals surface area contributed by atoms with Gasteiger partial charge in [-0.15, -0.1) is 0 Å². The van der Waals surface area contributed by atoms with Crippen molar-refractivity contribution in [2.24, 2.45) is 0 Å². The number of esters is 1. The van der Waals surface area contributed by atoms with Gasteiger partial charge in [0.1, 0.15) is 5.75 Å². The molecule has 3 aromatic carbocycles. The van der Waals surface area contributed by atoms with Gasteiger partial charge in [0.25, 0.3) is 0 Å². The van der Waals surface area contributed by atoms with Crippen LogP contribution in [0.4, 0.5) is 9.59 Å². The summed E-state index contributed by atoms with van der Waals surface area (Å²) in [5.41, 5.74) is 5.37. The number of hydrogen-bond acceptors (Lipinski definition) is 7. The number of carbonyl (C=O) groups is 3. The van der Waals surface area contributed by atoms with E-state index in [9.17, 15) is 14.4 Å². The van der Waals surface area contributed by atoms with Crippen LogP contribution in [0.2, 0.25) is 0 Å². The third-order valence-corrected chi connectivity index (χ3v) is 6.30. The quantitative estimate of drug-likeness (QED) is 0.213. The van der Waals surface area contributed by atoms with Gasteiger partial charge in [-0.2, -0.15) is 0 Å². The van der Waals surface area contributed by atoms with E-state index in [1.165, 1.54) is 6.92 Å². The SMILES string of the molecule is CCOC(=O)OC(C)OC(=O)Cc1ccc(OC)c(-c2ccc(C)cc2CN(CC)C(=O)NCc2ccccc2)c1. The zero-order valence-electron chi connectivity index (χ0n) is 24.3. The minimum Gasteiger partial charge on any atom is -0.496 e. The maximum atomic E-state index is 13.1. The van der Waals surface area contributed by atoms with Gasteiger partial charge in [-0.25, -0.2) is 9.59 Å². The largest absolute Gasteiger partial charge is 0.511 e. The number of carbonyl (C=O) groups excluding carboxylic acids is 3. The molecule has 41 heavy (non-hydrogen) atoms. The van der Waals surface area contributed by atoms with Crippen molar-refractivity contribution in [1.82, 2.24) is 10.2 Å². The minimum atomic E-state index is -1.09. The topological polar surface area (TPSA) is 103 Å². The van der Waals surface area contributed by atoms with Gasteiger partial charge in [-0.1, -0.05) is 60.2 Å². The Morgan fingerprint density at radius 3 is 2.34 bits per heavy atom. The fourth-order valence-electron chi connectivity index (χ4n) is 4.31. The highest BCUT2D eigenvalue weighted by Crippen LogP contribution is 2.34. The van der Waals surface area contributed by atoms with Crippen molar-refractivity contribution in [3.8, 4) is 16.9 Å². The van der Waals surface area contributed by atoms with Crippen molar-refractivity contribution >= 4 is 18.2 Å². The lowest BCUT2D eigenvalue weighted by Gasteiger charge is -2.24. The Hall–Kier alpha value is -4.53. The number of hydrogen-bond donors (Lipinski definition) is 1. The second-order valence-electron chi connectivity index (χ2n) is 9.39. The molecule has 0 heterocycles. The van der Waals surface area contributed by atoms with E-state index >= 15 is 0 Å². The van der Waals surface area contributed by atoms with E-state index in [1.807, 2.05) is 62.4 Å². The van der Waals surface area contributed by atoms with Crippen LogP contribution in [0.15, 0.2) is 66.7 Å². The lowest BCUT2D eigenvalue weighted by atomic mass is 9.94. The van der Waals surface area contributed by atoms with Crippen molar-refractivity contribution in [2.45, 2.75) is 53.5 Å². The Bertz CT molecular complexity index is 1330. The Morgan fingerprint density at radius 1 is 0.902 bits per heavy atom. The number of methoxy groups -OCH3 is 1. The number of urea groups is 1. The Labute approximate surface area is 241 Å². The summed E-state index contributed by atoms with van der Waals surface area (Å²) in [6, 6.07) is 21.1. The van der Waals surface area contributed by atoms with Gasteiger partial charge in [0.05, 0.1) is 20.1 Å². The monoisotopic (exact) mass is 562 g/mol. The van der Waals surface area contributed by atoms with Gasteiger partial charge in [-0.3, -0.25) is 4.79 Å². The van der Waals surface area contributed by atoms with Gasteiger partial charge in [0, 0.05) is 32.1 Å². The van der Waals surface area contributed by atoms with Crippen LogP contribution in [0.5, 0.6) is 5.75 Å². The predicted octanol–water partition coefficient (Wildman–Crippen LogP) is 6.01. The molecule has 9 heteroatoms. The van der Waals surface area contributed by atoms with Crippen molar-refractivity contribution < 1.29 is 33.3 Å². The number of rotatable bonds is 12. The van der Waals surface area contributed by atoms with E-state index in [0.29, 0.717) is 30.9 Å². The first-order valence-electron chi connectivity index (χ1n) is 13.6. The molecule has 1 unspecified atom stereocenters. The maximum absolute atomic E-state index is 13.1. The van der Waals surface area contributed by atoms with E-state index in [4.69, 9.17) is 18.9 Å². The summed E-state index contributed by atoms with van der Waals surface area (Å²) < 4.78 is 20.5. The highest BCUT2D eigenvalue weighted by Gasteiger charge is 2.19. The van der Waals surface area contributed by atoms with E-state index < -0.39 is 18.4 Å². The summed E-state index contributed by atoms with van der Waals surface area (Å²) >= 11 is 0. The predicted molar refractivity (Wildman–Crippen MR) is 155 cm³/mol. The van der Waals surface area contributed by atoms with Crippen LogP contribution < -0.4 is 10.1 Å². The summed E-state index contributed by atoms with van der Waals surface area (Å²) in [5.74, 6) is 0.0668. The molecule has 0 aromatic heterocycles. The van der Waals surface area contributed by atoms with Crippen molar-refractivity contribution in [3.05, 3.63) is 89.0 Å². The number of benzene rings is 3. The summed E-state index contributed by atoms with van der Waals surface area (Å²) in [5, 5.41) is 3.00. The van der Waals surface area contributed by atoms with Crippen LogP contribution in [-0.2, 0) is 38.5 Å². The first-order valence-corrected chi connectivity index (χ1v) is 13.6. The van der Waals surface area contributed by atoms with E-state index in [0.717, 1.165) is 27.8 Å². The fraction of sp³-hybridized carbons (Fsp3) is 0.344. The zero-order chi connectivity index (χ0) is 29.8. The van der Waals surface area contributed by atoms with Crippen molar-refractivity contribution in [3.63, 3.8) is 0 Å². The number of amides is 2. The molecular weight excluding hydrogens is 524 g/mol. The van der Waals surface area contributed by atoms with Gasteiger partial charge in [0.15, 0.2) is 0 Å². The molecule has 3 aromatic rings. The van der Waals surface area contributed by atoms with E-state index in [1.54, 1.807) is 31.1 Å². The van der Waals surface area contributed by atoms with Crippen LogP contribution in [-0.4, -0.2) is 49.6 Å². The number of aryl methyl sites for hydroxylation is 1. The van der Waals surface area contributed by atoms with Gasteiger partial charge in [-0.05, 0) is 55.2 Å². The average molecular weight is 563 g/mol. The number of nitrogens with zero attached hydrogens (tertiary/aromatic N) is 1. The summed E-state index contributed by atoms with van der Waals surface area (Å²) in [6.07, 6.45) is -2.03. The fourth-order valence-corrected chi connectivity index (χ4v) is 4.31. The van der Waals surface area contributed by atoms with Gasteiger partial charge >= 0.3 is 18.2 Å². The van der Waals surface area contributed by atoms with Gasteiger partial charge in [0.2, 0.25) is 6.29 Å². The molecule has 0 bridgehead atoms. The second kappa shape index (κ2) is 15.3. The van der Waals surface area contributed by atoms with E-state index in [2.05, 4.69) is 11.4 Å². The third-order valence-electron chi connectivity index (χ3n) is 6.30. The molecule has 0 aliphatic carbocycles. The maximum Gasteiger partial charge on any atom is 0.511 e. The Kier molecular flexibility index (Phi) is 11.6. The molecule has 2 amide bonds. The van der Waals surface area contributed by atoms with Crippen LogP contribution >= 0.6 is 0 Å². The highest BCUT2D eigenvalue weighted by molar-refractivity contribution is 5.79. The lowest BCUT2D eigenvalue weighted by Crippen LogP contribution is -2.39. The summed E-state index contributed by atoms with van der Waals surface area (Å²) in [7, 11) is 1.59. The lowest BCUT2D eigenvalue weighted by molar-refractivity contribution is -0.167. The average Bonchev–Trinajstić information content (AvgIpc) is 2.95. The first kappa shape index (κ1) is 31.0. The van der Waals surface area contributed by atoms with Crippen molar-refractivity contribution in [1.29, 1.82) is 0 Å². The van der Waals surface area contributed by atoms with Crippen LogP contribution in [0, 0.1) is 6.92 Å². The summed E-state index contributed by atoms with van der Waals surface area (Å²) in [6.45, 7) is 8.53. The molecule has 0 aliphatic rings. The Balaban J connectivity index is 1.80. The standard InChI is InChI=1S/C32H38N2O7/c1-6-34(31(36)33-20-24-11-9-8-10-12-24)21-26-17-22(3)13-15-27(26)28-18-25(14-16-29(28)38-5)19-30(35)40-23(4)41-32(37)39-7-2/h8-18,23H,6-7,19-21H2,1-5H3,(H,33,36). The number of nitrogens with one attached hydrogen (secondary N) is 1. The molecule has 1 N–H and O–H groups in total. The van der Waals surface area contributed by atoms with E-state index in [-0.39, 0.29) is 19.1 Å². The smallest absolute Gasteiger partial charge is 0.496 e. The molecular formula is C32H38N2O7. The molecule has 218 valence electrons.